The van der Waals surface area contributed by atoms with Crippen molar-refractivity contribution in [2.24, 2.45) is 0 Å². The molecule has 7 heteroatoms. The highest BCUT2D eigenvalue weighted by Crippen LogP contribution is 2.32. The maximum atomic E-state index is 13.7. The van der Waals surface area contributed by atoms with Crippen LogP contribution in [0.1, 0.15) is 41.6 Å². The van der Waals surface area contributed by atoms with Crippen LogP contribution in [0.4, 0.5) is 17.6 Å². The summed E-state index contributed by atoms with van der Waals surface area (Å²) in [6.07, 6.45) is -1.18. The Hall–Kier alpha value is -1.11. The highest BCUT2D eigenvalue weighted by molar-refractivity contribution is 9.09. The quantitative estimate of drug-likeness (QED) is 0.427. The van der Waals surface area contributed by atoms with E-state index >= 15 is 0 Å². The Balaban J connectivity index is 2.59. The first-order valence-corrected chi connectivity index (χ1v) is 7.70. The molecule has 0 spiro atoms. The van der Waals surface area contributed by atoms with Gasteiger partial charge in [0.2, 0.25) is 0 Å². The van der Waals surface area contributed by atoms with Gasteiger partial charge < -0.3 is 5.32 Å². The Bertz CT molecular complexity index is 477. The van der Waals surface area contributed by atoms with E-state index in [1.54, 1.807) is 0 Å². The molecule has 0 aliphatic heterocycles. The normalized spacial score (nSPS) is 11.5. The molecule has 1 rings (SSSR count). The second kappa shape index (κ2) is 8.36. The molecule has 0 aliphatic carbocycles. The summed E-state index contributed by atoms with van der Waals surface area (Å²) in [6, 6.07) is 2.69. The van der Waals surface area contributed by atoms with Crippen LogP contribution in [0.25, 0.3) is 0 Å². The van der Waals surface area contributed by atoms with Crippen molar-refractivity contribution in [2.45, 2.75) is 31.9 Å². The zero-order valence-electron chi connectivity index (χ0n) is 11.3. The zero-order chi connectivity index (χ0) is 15.9. The van der Waals surface area contributed by atoms with Crippen molar-refractivity contribution in [3.8, 4) is 0 Å². The molecule has 1 aromatic carbocycles. The number of carbonyl (C=O) groups excluding carboxylic acids is 1. The average Bonchev–Trinajstić information content (AvgIpc) is 2.41. The highest BCUT2D eigenvalue weighted by atomic mass is 79.9. The summed E-state index contributed by atoms with van der Waals surface area (Å²) >= 11 is 3.30. The van der Waals surface area contributed by atoms with E-state index in [0.29, 0.717) is 19.0 Å². The third kappa shape index (κ3) is 5.65. The molecule has 1 amide bonds. The van der Waals surface area contributed by atoms with E-state index in [0.717, 1.165) is 36.7 Å². The van der Waals surface area contributed by atoms with Crippen molar-refractivity contribution < 1.29 is 22.4 Å². The predicted octanol–water partition coefficient (Wildman–Crippen LogP) is 4.53. The number of nitrogens with one attached hydrogen (secondary N) is 1. The van der Waals surface area contributed by atoms with Crippen molar-refractivity contribution in [2.75, 3.05) is 11.9 Å². The Kier molecular flexibility index (Phi) is 7.14. The maximum Gasteiger partial charge on any atom is 0.419 e. The molecule has 0 saturated heterocycles. The van der Waals surface area contributed by atoms with Crippen LogP contribution in [-0.2, 0) is 6.18 Å². The van der Waals surface area contributed by atoms with E-state index in [4.69, 9.17) is 0 Å². The van der Waals surface area contributed by atoms with Crippen molar-refractivity contribution in [3.63, 3.8) is 0 Å². The molecule has 21 heavy (non-hydrogen) atoms. The fourth-order valence-corrected chi connectivity index (χ4v) is 2.19. The lowest BCUT2D eigenvalue weighted by molar-refractivity contribution is -0.140. The molecule has 1 aromatic rings. The number of hydrogen-bond donors (Lipinski definition) is 1. The fraction of sp³-hybridized carbons (Fsp3) is 0.500. The minimum Gasteiger partial charge on any atom is -0.352 e. The number of unbranched alkanes of at least 4 members (excludes halogenated alkanes) is 3. The molecule has 0 bridgehead atoms. The number of alkyl halides is 4. The van der Waals surface area contributed by atoms with E-state index in [1.807, 2.05) is 0 Å². The van der Waals surface area contributed by atoms with Crippen LogP contribution in [0.5, 0.6) is 0 Å². The van der Waals surface area contributed by atoms with Crippen LogP contribution in [0.3, 0.4) is 0 Å². The molecule has 0 saturated carbocycles. The minimum absolute atomic E-state index is 0.316. The summed E-state index contributed by atoms with van der Waals surface area (Å²) in [5.41, 5.74) is -2.00. The summed E-state index contributed by atoms with van der Waals surface area (Å²) in [5.74, 6) is -2.35. The second-order valence-corrected chi connectivity index (χ2v) is 5.32. The molecule has 1 N–H and O–H groups in total. The summed E-state index contributed by atoms with van der Waals surface area (Å²) in [7, 11) is 0. The van der Waals surface area contributed by atoms with Gasteiger partial charge in [-0.05, 0) is 25.0 Å². The Morgan fingerprint density at radius 3 is 2.43 bits per heavy atom. The van der Waals surface area contributed by atoms with Crippen molar-refractivity contribution in [1.29, 1.82) is 0 Å². The van der Waals surface area contributed by atoms with Crippen LogP contribution in [0.15, 0.2) is 18.2 Å². The van der Waals surface area contributed by atoms with Crippen molar-refractivity contribution in [1.82, 2.24) is 5.32 Å². The van der Waals surface area contributed by atoms with E-state index in [-0.39, 0.29) is 0 Å². The van der Waals surface area contributed by atoms with Gasteiger partial charge in [0, 0.05) is 11.9 Å². The Labute approximate surface area is 129 Å². The highest BCUT2D eigenvalue weighted by Gasteiger charge is 2.35. The molecular weight excluding hydrogens is 354 g/mol. The summed E-state index contributed by atoms with van der Waals surface area (Å²) in [5, 5.41) is 3.35. The van der Waals surface area contributed by atoms with Gasteiger partial charge in [-0.3, -0.25) is 4.79 Å². The Morgan fingerprint density at radius 2 is 1.81 bits per heavy atom. The molecular formula is C14H16BrF4NO. The van der Waals surface area contributed by atoms with Crippen molar-refractivity contribution in [3.05, 3.63) is 35.1 Å². The number of halogens is 5. The lowest BCUT2D eigenvalue weighted by Gasteiger charge is -2.11. The number of hydrogen-bond acceptors (Lipinski definition) is 1. The molecule has 0 fully saturated rings. The first kappa shape index (κ1) is 17.9. The van der Waals surface area contributed by atoms with E-state index in [2.05, 4.69) is 21.2 Å². The standard InChI is InChI=1S/C14H16BrF4NO/c15-8-3-1-2-4-9-20-13(21)10-6-5-7-11(12(10)16)14(17,18)19/h5-7H,1-4,8-9H2,(H,20,21). The van der Waals surface area contributed by atoms with Gasteiger partial charge in [0.15, 0.2) is 0 Å². The fourth-order valence-electron chi connectivity index (χ4n) is 1.80. The number of rotatable bonds is 7. The number of benzene rings is 1. The molecule has 0 unspecified atom stereocenters. The molecule has 2 nitrogen and oxygen atoms in total. The van der Waals surface area contributed by atoms with Crippen LogP contribution in [0, 0.1) is 5.82 Å². The molecule has 118 valence electrons. The first-order valence-electron chi connectivity index (χ1n) is 6.57. The first-order chi connectivity index (χ1) is 9.88. The monoisotopic (exact) mass is 369 g/mol. The van der Waals surface area contributed by atoms with Crippen LogP contribution in [0.2, 0.25) is 0 Å². The minimum atomic E-state index is -4.81. The molecule has 0 atom stereocenters. The second-order valence-electron chi connectivity index (χ2n) is 4.52. The molecule has 0 heterocycles. The smallest absolute Gasteiger partial charge is 0.352 e. The predicted molar refractivity (Wildman–Crippen MR) is 76.0 cm³/mol. The maximum absolute atomic E-state index is 13.7. The van der Waals surface area contributed by atoms with Gasteiger partial charge in [-0.25, -0.2) is 4.39 Å². The van der Waals surface area contributed by atoms with E-state index < -0.39 is 29.0 Å². The lowest BCUT2D eigenvalue weighted by atomic mass is 10.1. The number of carbonyl (C=O) groups is 1. The van der Waals surface area contributed by atoms with E-state index in [1.165, 1.54) is 0 Å². The van der Waals surface area contributed by atoms with Crippen LogP contribution in [-0.4, -0.2) is 17.8 Å². The topological polar surface area (TPSA) is 29.1 Å². The SMILES string of the molecule is O=C(NCCCCCCBr)c1cccc(C(F)(F)F)c1F. The molecule has 0 aromatic heterocycles. The summed E-state index contributed by atoms with van der Waals surface area (Å²) < 4.78 is 51.3. The number of amides is 1. The van der Waals surface area contributed by atoms with E-state index in [9.17, 15) is 22.4 Å². The third-order valence-corrected chi connectivity index (χ3v) is 3.46. The summed E-state index contributed by atoms with van der Waals surface area (Å²) in [4.78, 5) is 11.7. The average molecular weight is 370 g/mol. The van der Waals surface area contributed by atoms with Crippen molar-refractivity contribution >= 4 is 21.8 Å². The Morgan fingerprint density at radius 1 is 1.14 bits per heavy atom. The molecule has 0 radical (unpaired) electrons. The van der Waals surface area contributed by atoms with Crippen LogP contribution < -0.4 is 5.32 Å². The van der Waals surface area contributed by atoms with Gasteiger partial charge in [0.05, 0.1) is 11.1 Å². The zero-order valence-corrected chi connectivity index (χ0v) is 12.9. The van der Waals surface area contributed by atoms with Gasteiger partial charge >= 0.3 is 6.18 Å². The summed E-state index contributed by atoms with van der Waals surface area (Å²) in [6.45, 7) is 0.316. The van der Waals surface area contributed by atoms with Gasteiger partial charge in [-0.15, -0.1) is 0 Å². The van der Waals surface area contributed by atoms with Crippen LogP contribution >= 0.6 is 15.9 Å². The lowest BCUT2D eigenvalue weighted by Crippen LogP contribution is -2.26. The van der Waals surface area contributed by atoms with Gasteiger partial charge in [0.25, 0.3) is 5.91 Å². The van der Waals surface area contributed by atoms with Gasteiger partial charge in [-0.1, -0.05) is 34.8 Å². The third-order valence-electron chi connectivity index (χ3n) is 2.89. The molecule has 0 aliphatic rings. The van der Waals surface area contributed by atoms with Gasteiger partial charge in [-0.2, -0.15) is 13.2 Å². The van der Waals surface area contributed by atoms with Gasteiger partial charge in [0.1, 0.15) is 5.82 Å². The largest absolute Gasteiger partial charge is 0.419 e.